The Labute approximate surface area is 126 Å². The maximum atomic E-state index is 8.58. The summed E-state index contributed by atoms with van der Waals surface area (Å²) in [6.45, 7) is 2.30. The van der Waals surface area contributed by atoms with E-state index in [9.17, 15) is 0 Å². The number of nitrogens with two attached hydrogens (primary N) is 1. The van der Waals surface area contributed by atoms with E-state index in [1.807, 2.05) is 0 Å². The second-order valence-corrected chi connectivity index (χ2v) is 7.33. The van der Waals surface area contributed by atoms with E-state index < -0.39 is 0 Å². The number of nitrogen functional groups attached to an aromatic ring is 1. The van der Waals surface area contributed by atoms with Crippen LogP contribution in [0.25, 0.3) is 10.2 Å². The Morgan fingerprint density at radius 1 is 1.50 bits per heavy atom. The fourth-order valence-corrected chi connectivity index (χ4v) is 4.75. The molecule has 1 atom stereocenters. The fraction of sp³-hybridized carbons (Fsp3) is 0.500. The SMILES string of the molecule is CC1CCc2c(sc3nc(SCCC#N)nc(N)c23)C1. The monoisotopic (exact) mass is 304 g/mol. The van der Waals surface area contributed by atoms with Crippen LogP contribution in [-0.2, 0) is 12.8 Å². The normalized spacial score (nSPS) is 17.9. The van der Waals surface area contributed by atoms with Gasteiger partial charge in [-0.3, -0.25) is 0 Å². The Hall–Kier alpha value is -1.32. The number of aromatic nitrogens is 2. The third kappa shape index (κ3) is 2.48. The highest BCUT2D eigenvalue weighted by Crippen LogP contribution is 2.39. The first-order valence-corrected chi connectivity index (χ1v) is 8.56. The maximum absolute atomic E-state index is 8.58. The molecule has 0 amide bonds. The van der Waals surface area contributed by atoms with Crippen molar-refractivity contribution in [2.75, 3.05) is 11.5 Å². The average molecular weight is 304 g/mol. The quantitative estimate of drug-likeness (QED) is 0.534. The van der Waals surface area contributed by atoms with Gasteiger partial charge in [-0.15, -0.1) is 11.3 Å². The zero-order chi connectivity index (χ0) is 14.1. The minimum atomic E-state index is 0.504. The molecule has 20 heavy (non-hydrogen) atoms. The molecule has 2 N–H and O–H groups in total. The molecule has 2 aromatic heterocycles. The van der Waals surface area contributed by atoms with Gasteiger partial charge in [-0.2, -0.15) is 5.26 Å². The van der Waals surface area contributed by atoms with Gasteiger partial charge in [-0.1, -0.05) is 18.7 Å². The summed E-state index contributed by atoms with van der Waals surface area (Å²) in [4.78, 5) is 11.5. The van der Waals surface area contributed by atoms with Crippen LogP contribution in [0.1, 0.15) is 30.2 Å². The van der Waals surface area contributed by atoms with Crippen molar-refractivity contribution < 1.29 is 0 Å². The van der Waals surface area contributed by atoms with Crippen molar-refractivity contribution in [3.63, 3.8) is 0 Å². The number of rotatable bonds is 3. The summed E-state index contributed by atoms with van der Waals surface area (Å²) in [6.07, 6.45) is 3.94. The van der Waals surface area contributed by atoms with Crippen LogP contribution in [0.4, 0.5) is 5.82 Å². The Bertz CT molecular complexity index is 687. The molecule has 0 aromatic carbocycles. The van der Waals surface area contributed by atoms with E-state index in [1.54, 1.807) is 11.3 Å². The summed E-state index contributed by atoms with van der Waals surface area (Å²) in [5.74, 6) is 2.06. The van der Waals surface area contributed by atoms with Gasteiger partial charge in [0.05, 0.1) is 11.5 Å². The molecule has 0 spiro atoms. The van der Waals surface area contributed by atoms with Crippen molar-refractivity contribution in [3.8, 4) is 6.07 Å². The topological polar surface area (TPSA) is 75.6 Å². The molecule has 3 rings (SSSR count). The summed E-state index contributed by atoms with van der Waals surface area (Å²) < 4.78 is 0. The molecule has 0 saturated heterocycles. The van der Waals surface area contributed by atoms with Crippen molar-refractivity contribution >= 4 is 39.1 Å². The molecule has 0 saturated carbocycles. The lowest BCUT2D eigenvalue weighted by molar-refractivity contribution is 0.509. The lowest BCUT2D eigenvalue weighted by atomic mass is 9.89. The summed E-state index contributed by atoms with van der Waals surface area (Å²) >= 11 is 3.26. The molecule has 1 aliphatic carbocycles. The van der Waals surface area contributed by atoms with Crippen LogP contribution in [-0.4, -0.2) is 15.7 Å². The van der Waals surface area contributed by atoms with E-state index in [0.29, 0.717) is 23.1 Å². The van der Waals surface area contributed by atoms with Crippen LogP contribution in [0.15, 0.2) is 5.16 Å². The van der Waals surface area contributed by atoms with E-state index in [0.717, 1.165) is 29.0 Å². The second kappa shape index (κ2) is 5.58. The summed E-state index contributed by atoms with van der Waals surface area (Å²) in [7, 11) is 0. The molecule has 4 nitrogen and oxygen atoms in total. The van der Waals surface area contributed by atoms with Crippen LogP contribution in [0.5, 0.6) is 0 Å². The van der Waals surface area contributed by atoms with E-state index in [-0.39, 0.29) is 0 Å². The van der Waals surface area contributed by atoms with Crippen LogP contribution < -0.4 is 5.73 Å². The van der Waals surface area contributed by atoms with Crippen molar-refractivity contribution in [3.05, 3.63) is 10.4 Å². The zero-order valence-electron chi connectivity index (χ0n) is 11.3. The molecule has 6 heteroatoms. The molecule has 0 fully saturated rings. The number of nitrogens with zero attached hydrogens (tertiary/aromatic N) is 3. The summed E-state index contributed by atoms with van der Waals surface area (Å²) in [5, 5.41) is 10.3. The lowest BCUT2D eigenvalue weighted by Crippen LogP contribution is -2.09. The Morgan fingerprint density at radius 3 is 3.15 bits per heavy atom. The number of hydrogen-bond donors (Lipinski definition) is 1. The standard InChI is InChI=1S/C14H16N4S2/c1-8-3-4-9-10(7-8)20-13-11(9)12(16)17-14(18-13)19-6-2-5-15/h8H,2-4,6-7H2,1H3,(H2,16,17,18). The van der Waals surface area contributed by atoms with Gasteiger partial charge in [0, 0.05) is 17.1 Å². The number of nitriles is 1. The molecule has 2 heterocycles. The van der Waals surface area contributed by atoms with E-state index in [2.05, 4.69) is 23.0 Å². The molecule has 1 aliphatic rings. The molecule has 104 valence electrons. The van der Waals surface area contributed by atoms with Crippen LogP contribution in [0.3, 0.4) is 0 Å². The third-order valence-electron chi connectivity index (χ3n) is 3.61. The van der Waals surface area contributed by atoms with Gasteiger partial charge in [0.25, 0.3) is 0 Å². The minimum absolute atomic E-state index is 0.504. The van der Waals surface area contributed by atoms with Gasteiger partial charge >= 0.3 is 0 Å². The van der Waals surface area contributed by atoms with Gasteiger partial charge in [0.2, 0.25) is 0 Å². The second-order valence-electron chi connectivity index (χ2n) is 5.18. The Balaban J connectivity index is 1.98. The van der Waals surface area contributed by atoms with Gasteiger partial charge in [-0.25, -0.2) is 9.97 Å². The first-order valence-electron chi connectivity index (χ1n) is 6.76. The van der Waals surface area contributed by atoms with Gasteiger partial charge in [0.1, 0.15) is 10.6 Å². The third-order valence-corrected chi connectivity index (χ3v) is 5.60. The molecule has 0 bridgehead atoms. The van der Waals surface area contributed by atoms with Crippen LogP contribution in [0.2, 0.25) is 0 Å². The lowest BCUT2D eigenvalue weighted by Gasteiger charge is -2.17. The Kier molecular flexibility index (Phi) is 3.81. The average Bonchev–Trinajstić information content (AvgIpc) is 2.76. The summed E-state index contributed by atoms with van der Waals surface area (Å²) in [5.41, 5.74) is 7.51. The van der Waals surface area contributed by atoms with E-state index in [4.69, 9.17) is 11.0 Å². The zero-order valence-corrected chi connectivity index (χ0v) is 13.0. The molecular formula is C14H16N4S2. The van der Waals surface area contributed by atoms with E-state index in [1.165, 1.54) is 28.6 Å². The number of thiophene rings is 1. The van der Waals surface area contributed by atoms with Gasteiger partial charge < -0.3 is 5.73 Å². The molecular weight excluding hydrogens is 288 g/mol. The van der Waals surface area contributed by atoms with Crippen molar-refractivity contribution in [2.24, 2.45) is 5.92 Å². The molecule has 2 aromatic rings. The van der Waals surface area contributed by atoms with E-state index >= 15 is 0 Å². The number of aryl methyl sites for hydroxylation is 1. The minimum Gasteiger partial charge on any atom is -0.383 e. The van der Waals surface area contributed by atoms with Gasteiger partial charge in [0.15, 0.2) is 5.16 Å². The fourth-order valence-electron chi connectivity index (χ4n) is 2.60. The Morgan fingerprint density at radius 2 is 2.35 bits per heavy atom. The maximum Gasteiger partial charge on any atom is 0.190 e. The first-order chi connectivity index (χ1) is 9.69. The van der Waals surface area contributed by atoms with Crippen LogP contribution >= 0.6 is 23.1 Å². The number of thioether (sulfide) groups is 1. The number of hydrogen-bond acceptors (Lipinski definition) is 6. The van der Waals surface area contributed by atoms with Crippen LogP contribution in [0, 0.1) is 17.2 Å². The molecule has 0 aliphatic heterocycles. The summed E-state index contributed by atoms with van der Waals surface area (Å²) in [6, 6.07) is 2.13. The molecule has 1 unspecified atom stereocenters. The predicted molar refractivity (Wildman–Crippen MR) is 84.0 cm³/mol. The van der Waals surface area contributed by atoms with Gasteiger partial charge in [-0.05, 0) is 30.7 Å². The highest BCUT2D eigenvalue weighted by Gasteiger charge is 2.23. The predicted octanol–water partition coefficient (Wildman–Crippen LogP) is 3.40. The van der Waals surface area contributed by atoms with Crippen molar-refractivity contribution in [1.29, 1.82) is 5.26 Å². The first kappa shape index (κ1) is 13.7. The number of fused-ring (bicyclic) bond motifs is 3. The largest absolute Gasteiger partial charge is 0.383 e. The highest BCUT2D eigenvalue weighted by atomic mass is 32.2. The highest BCUT2D eigenvalue weighted by molar-refractivity contribution is 7.99. The number of anilines is 1. The molecule has 0 radical (unpaired) electrons. The van der Waals surface area contributed by atoms with Crippen molar-refractivity contribution in [2.45, 2.75) is 37.8 Å². The van der Waals surface area contributed by atoms with Crippen molar-refractivity contribution in [1.82, 2.24) is 9.97 Å². The smallest absolute Gasteiger partial charge is 0.190 e.